The second-order valence-electron chi connectivity index (χ2n) is 8.79. The zero-order valence-corrected chi connectivity index (χ0v) is 19.1. The smallest absolute Gasteiger partial charge is 0.222 e. The van der Waals surface area contributed by atoms with E-state index in [-0.39, 0.29) is 17.9 Å². The largest absolute Gasteiger partial charge is 0.497 e. The third kappa shape index (κ3) is 3.91. The number of piperidine rings is 1. The number of carbonyl (C=O) groups excluding carboxylic acids is 1. The van der Waals surface area contributed by atoms with Crippen LogP contribution in [0.25, 0.3) is 10.9 Å². The molecule has 10 heteroatoms. The highest BCUT2D eigenvalue weighted by molar-refractivity contribution is 5.82. The van der Waals surface area contributed by atoms with Crippen LogP contribution in [0, 0.1) is 5.92 Å². The first-order chi connectivity index (χ1) is 16.5. The number of benzene rings is 2. The number of hydrazine groups is 1. The van der Waals surface area contributed by atoms with E-state index in [1.54, 1.807) is 18.3 Å². The molecule has 0 spiro atoms. The summed E-state index contributed by atoms with van der Waals surface area (Å²) in [7, 11) is 1.64. The Morgan fingerprint density at radius 3 is 2.62 bits per heavy atom. The molecule has 5 rings (SSSR count). The van der Waals surface area contributed by atoms with Crippen molar-refractivity contribution < 1.29 is 9.53 Å². The minimum Gasteiger partial charge on any atom is -0.497 e. The predicted molar refractivity (Wildman–Crippen MR) is 132 cm³/mol. The molecule has 178 valence electrons. The summed E-state index contributed by atoms with van der Waals surface area (Å²) in [4.78, 5) is 16.2. The van der Waals surface area contributed by atoms with Crippen LogP contribution < -0.4 is 31.8 Å². The fourth-order valence-electron chi connectivity index (χ4n) is 4.95. The third-order valence-corrected chi connectivity index (χ3v) is 6.89. The molecule has 1 aromatic heterocycles. The van der Waals surface area contributed by atoms with Crippen molar-refractivity contribution in [2.75, 3.05) is 30.0 Å². The van der Waals surface area contributed by atoms with Gasteiger partial charge >= 0.3 is 0 Å². The number of nitrogens with one attached hydrogen (secondary N) is 1. The van der Waals surface area contributed by atoms with Crippen LogP contribution in [0.4, 0.5) is 11.4 Å². The molecule has 3 heterocycles. The zero-order chi connectivity index (χ0) is 23.8. The summed E-state index contributed by atoms with van der Waals surface area (Å²) in [6.45, 7) is 1.13. The lowest BCUT2D eigenvalue weighted by Gasteiger charge is -2.48. The maximum absolute atomic E-state index is 12.0. The number of primary amides is 1. The standard InChI is InChI=1S/C24H30N8O2/c1-34-19-7-5-17(6-8-19)31-14-16(23(25)33)3-9-21(31)22-10-11-30(24(26)32(22)27)18-4-2-15-13-28-29-20(15)12-18/h2,4-8,10,12-13,16,21,24H,3,9,11,14,26-27H2,1H3,(H2,25,33)(H,28,29)/t16-,21?,24?/m0/s1. The fraction of sp³-hybridized carbons (Fsp3) is 0.333. The SMILES string of the molecule is COc1ccc(N2C[C@@H](C(N)=O)CCC2C2=CCN(c3ccc4cn[nH]c4c3)C(N)N2N)cc1. The van der Waals surface area contributed by atoms with Gasteiger partial charge in [-0.15, -0.1) is 0 Å². The lowest BCUT2D eigenvalue weighted by Crippen LogP contribution is -2.63. The number of amides is 1. The van der Waals surface area contributed by atoms with Crippen LogP contribution in [0.3, 0.4) is 0 Å². The number of nitrogens with zero attached hydrogens (tertiary/aromatic N) is 4. The minimum atomic E-state index is -0.549. The average Bonchev–Trinajstić information content (AvgIpc) is 3.33. The number of ether oxygens (including phenoxy) is 1. The number of nitrogens with two attached hydrogens (primary N) is 3. The number of anilines is 2. The van der Waals surface area contributed by atoms with Crippen LogP contribution in [-0.2, 0) is 4.79 Å². The van der Waals surface area contributed by atoms with E-state index in [1.165, 1.54) is 0 Å². The van der Waals surface area contributed by atoms with Crippen molar-refractivity contribution in [1.29, 1.82) is 0 Å². The van der Waals surface area contributed by atoms with Gasteiger partial charge in [0.1, 0.15) is 5.75 Å². The van der Waals surface area contributed by atoms with Crippen LogP contribution in [0.2, 0.25) is 0 Å². The van der Waals surface area contributed by atoms with Crippen LogP contribution in [-0.4, -0.2) is 53.6 Å². The molecule has 2 aliphatic heterocycles. The van der Waals surface area contributed by atoms with Gasteiger partial charge < -0.3 is 20.3 Å². The molecular formula is C24H30N8O2. The monoisotopic (exact) mass is 462 g/mol. The molecule has 2 aliphatic rings. The van der Waals surface area contributed by atoms with Gasteiger partial charge in [-0.1, -0.05) is 0 Å². The summed E-state index contributed by atoms with van der Waals surface area (Å²) >= 11 is 0. The van der Waals surface area contributed by atoms with Crippen molar-refractivity contribution in [2.24, 2.45) is 23.2 Å². The Morgan fingerprint density at radius 2 is 1.88 bits per heavy atom. The van der Waals surface area contributed by atoms with E-state index in [1.807, 2.05) is 47.4 Å². The van der Waals surface area contributed by atoms with Crippen molar-refractivity contribution in [1.82, 2.24) is 15.2 Å². The average molecular weight is 463 g/mol. The minimum absolute atomic E-state index is 0.0303. The molecular weight excluding hydrogens is 432 g/mol. The van der Waals surface area contributed by atoms with Gasteiger partial charge in [-0.3, -0.25) is 20.6 Å². The van der Waals surface area contributed by atoms with Gasteiger partial charge in [0.15, 0.2) is 6.29 Å². The van der Waals surface area contributed by atoms with E-state index in [4.69, 9.17) is 22.0 Å². The summed E-state index contributed by atoms with van der Waals surface area (Å²) < 4.78 is 5.31. The Kier molecular flexibility index (Phi) is 5.76. The maximum atomic E-state index is 12.0. The molecule has 10 nitrogen and oxygen atoms in total. The molecule has 34 heavy (non-hydrogen) atoms. The quantitative estimate of drug-likeness (QED) is 0.418. The number of fused-ring (bicyclic) bond motifs is 1. The second-order valence-corrected chi connectivity index (χ2v) is 8.79. The molecule has 3 atom stereocenters. The number of rotatable bonds is 5. The Hall–Kier alpha value is -3.76. The highest BCUT2D eigenvalue weighted by Crippen LogP contribution is 2.35. The number of carbonyl (C=O) groups is 1. The van der Waals surface area contributed by atoms with Crippen LogP contribution in [0.1, 0.15) is 12.8 Å². The van der Waals surface area contributed by atoms with Crippen molar-refractivity contribution in [3.05, 3.63) is 60.4 Å². The van der Waals surface area contributed by atoms with E-state index in [9.17, 15) is 4.79 Å². The van der Waals surface area contributed by atoms with E-state index >= 15 is 0 Å². The third-order valence-electron chi connectivity index (χ3n) is 6.89. The maximum Gasteiger partial charge on any atom is 0.222 e. The summed E-state index contributed by atoms with van der Waals surface area (Å²) in [5, 5.41) is 9.76. The van der Waals surface area contributed by atoms with Gasteiger partial charge in [-0.2, -0.15) is 5.10 Å². The van der Waals surface area contributed by atoms with Gasteiger partial charge in [-0.05, 0) is 61.4 Å². The van der Waals surface area contributed by atoms with Crippen molar-refractivity contribution in [3.8, 4) is 5.75 Å². The van der Waals surface area contributed by atoms with Gasteiger partial charge in [0.25, 0.3) is 0 Å². The van der Waals surface area contributed by atoms with Gasteiger partial charge in [0, 0.05) is 29.9 Å². The van der Waals surface area contributed by atoms with Crippen LogP contribution in [0.15, 0.2) is 60.4 Å². The molecule has 0 aliphatic carbocycles. The Labute approximate surface area is 197 Å². The molecule has 0 saturated carbocycles. The number of H-pyrrole nitrogens is 1. The Bertz CT molecular complexity index is 1210. The first-order valence-corrected chi connectivity index (χ1v) is 11.4. The Morgan fingerprint density at radius 1 is 1.12 bits per heavy atom. The van der Waals surface area contributed by atoms with Gasteiger partial charge in [0.05, 0.1) is 36.5 Å². The molecule has 1 saturated heterocycles. The second kappa shape index (κ2) is 8.88. The Balaban J connectivity index is 1.44. The summed E-state index contributed by atoms with van der Waals surface area (Å²) in [5.74, 6) is 6.86. The number of hydrogen-bond acceptors (Lipinski definition) is 8. The molecule has 2 unspecified atom stereocenters. The van der Waals surface area contributed by atoms with Crippen molar-refractivity contribution in [2.45, 2.75) is 25.2 Å². The van der Waals surface area contributed by atoms with Crippen molar-refractivity contribution in [3.63, 3.8) is 0 Å². The predicted octanol–water partition coefficient (Wildman–Crippen LogP) is 1.46. The first kappa shape index (κ1) is 22.1. The number of aromatic nitrogens is 2. The van der Waals surface area contributed by atoms with Gasteiger partial charge in [0.2, 0.25) is 5.91 Å². The van der Waals surface area contributed by atoms with Crippen molar-refractivity contribution >= 4 is 28.2 Å². The number of hydrogen-bond donors (Lipinski definition) is 4. The lowest BCUT2D eigenvalue weighted by molar-refractivity contribution is -0.122. The molecule has 3 aromatic rings. The highest BCUT2D eigenvalue weighted by Gasteiger charge is 2.38. The molecule has 1 amide bonds. The van der Waals surface area contributed by atoms with Crippen LogP contribution >= 0.6 is 0 Å². The molecule has 1 fully saturated rings. The molecule has 7 N–H and O–H groups in total. The molecule has 0 radical (unpaired) electrons. The van der Waals surface area contributed by atoms with Crippen LogP contribution in [0.5, 0.6) is 5.75 Å². The van der Waals surface area contributed by atoms with E-state index in [0.717, 1.165) is 40.1 Å². The van der Waals surface area contributed by atoms with Gasteiger partial charge in [-0.25, -0.2) is 5.84 Å². The fourth-order valence-corrected chi connectivity index (χ4v) is 4.95. The summed E-state index contributed by atoms with van der Waals surface area (Å²) in [6, 6.07) is 13.8. The lowest BCUT2D eigenvalue weighted by atomic mass is 9.89. The summed E-state index contributed by atoms with van der Waals surface area (Å²) in [5.41, 5.74) is 16.1. The summed E-state index contributed by atoms with van der Waals surface area (Å²) in [6.07, 6.45) is 4.80. The van der Waals surface area contributed by atoms with E-state index < -0.39 is 6.29 Å². The molecule has 2 aromatic carbocycles. The number of methoxy groups -OCH3 is 1. The number of aromatic amines is 1. The zero-order valence-electron chi connectivity index (χ0n) is 19.1. The highest BCUT2D eigenvalue weighted by atomic mass is 16.5. The topological polar surface area (TPSA) is 143 Å². The van der Waals surface area contributed by atoms with E-state index in [0.29, 0.717) is 19.5 Å². The first-order valence-electron chi connectivity index (χ1n) is 11.4. The van der Waals surface area contributed by atoms with E-state index in [2.05, 4.69) is 21.2 Å². The molecule has 0 bridgehead atoms. The normalized spacial score (nSPS) is 23.2.